The third-order valence-electron chi connectivity index (χ3n) is 3.06. The van der Waals surface area contributed by atoms with Crippen molar-refractivity contribution in [2.75, 3.05) is 0 Å². The smallest absolute Gasteiger partial charge is 0.242 e. The number of rotatable bonds is 4. The maximum atomic E-state index is 13.2. The highest BCUT2D eigenvalue weighted by Gasteiger charge is 2.41. The Morgan fingerprint density at radius 2 is 1.87 bits per heavy atom. The minimum atomic E-state index is -4.53. The Labute approximate surface area is 132 Å². The van der Waals surface area contributed by atoms with Gasteiger partial charge in [0, 0.05) is 6.20 Å². The van der Waals surface area contributed by atoms with Gasteiger partial charge >= 0.3 is 6.18 Å². The van der Waals surface area contributed by atoms with Gasteiger partial charge in [0.1, 0.15) is 16.9 Å². The van der Waals surface area contributed by atoms with E-state index in [0.29, 0.717) is 10.7 Å². The minimum Gasteiger partial charge on any atom is -0.242 e. The maximum Gasteiger partial charge on any atom is 0.408 e. The van der Waals surface area contributed by atoms with Crippen molar-refractivity contribution in [1.29, 1.82) is 0 Å². The van der Waals surface area contributed by atoms with Crippen LogP contribution in [-0.4, -0.2) is 20.8 Å². The molecule has 4 nitrogen and oxygen atoms in total. The van der Waals surface area contributed by atoms with E-state index >= 15 is 0 Å². The van der Waals surface area contributed by atoms with Gasteiger partial charge in [0.2, 0.25) is 0 Å². The first-order valence-corrected chi connectivity index (χ1v) is 7.30. The molecule has 1 atom stereocenters. The van der Waals surface area contributed by atoms with Gasteiger partial charge in [-0.05, 0) is 41.8 Å². The first-order chi connectivity index (χ1) is 10.9. The number of nitrogens with one attached hydrogen (secondary N) is 1. The lowest BCUT2D eigenvalue weighted by molar-refractivity contribution is -0.152. The van der Waals surface area contributed by atoms with E-state index in [1.807, 2.05) is 0 Å². The summed E-state index contributed by atoms with van der Waals surface area (Å²) >= 11 is 0.765. The van der Waals surface area contributed by atoms with Crippen LogP contribution in [0.15, 0.2) is 53.8 Å². The molecule has 1 N–H and O–H groups in total. The van der Waals surface area contributed by atoms with Gasteiger partial charge in [-0.25, -0.2) is 18.6 Å². The summed E-state index contributed by atoms with van der Waals surface area (Å²) in [6.45, 7) is 0. The summed E-state index contributed by atoms with van der Waals surface area (Å²) in [7, 11) is 0. The molecule has 0 aliphatic heterocycles. The van der Waals surface area contributed by atoms with Gasteiger partial charge in [-0.1, -0.05) is 12.1 Å². The van der Waals surface area contributed by atoms with Crippen LogP contribution in [0.4, 0.5) is 17.6 Å². The van der Waals surface area contributed by atoms with Gasteiger partial charge in [0.15, 0.2) is 5.65 Å². The number of benzene rings is 1. The standard InChI is InChI=1S/C14H10F4N4S/c15-10-5-3-9(4-6-10)13(14(16,17)18)21-23-12-8-19-11-2-1-7-20-22(11)12/h1-8,13,21H/t13-/m1/s1. The lowest BCUT2D eigenvalue weighted by Crippen LogP contribution is -2.30. The summed E-state index contributed by atoms with van der Waals surface area (Å²) in [6, 6.07) is 5.63. The van der Waals surface area contributed by atoms with Crippen molar-refractivity contribution in [2.24, 2.45) is 0 Å². The van der Waals surface area contributed by atoms with Crippen molar-refractivity contribution in [3.63, 3.8) is 0 Å². The molecule has 0 unspecified atom stereocenters. The zero-order valence-electron chi connectivity index (χ0n) is 11.5. The second kappa shape index (κ2) is 6.17. The first-order valence-electron chi connectivity index (χ1n) is 6.48. The molecule has 0 saturated heterocycles. The number of hydrogen-bond acceptors (Lipinski definition) is 4. The molecule has 3 aromatic rings. The average molecular weight is 342 g/mol. The molecular formula is C14H10F4N4S. The number of imidazole rings is 1. The molecule has 0 bridgehead atoms. The fraction of sp³-hybridized carbons (Fsp3) is 0.143. The largest absolute Gasteiger partial charge is 0.408 e. The Hall–Kier alpha value is -2.13. The molecule has 9 heteroatoms. The molecule has 0 aliphatic rings. The van der Waals surface area contributed by atoms with Crippen LogP contribution in [0.2, 0.25) is 0 Å². The highest BCUT2D eigenvalue weighted by molar-refractivity contribution is 7.97. The van der Waals surface area contributed by atoms with Crippen molar-refractivity contribution in [2.45, 2.75) is 17.2 Å². The van der Waals surface area contributed by atoms with Crippen molar-refractivity contribution in [1.82, 2.24) is 19.3 Å². The van der Waals surface area contributed by atoms with Crippen LogP contribution in [0.25, 0.3) is 5.65 Å². The molecule has 2 aromatic heterocycles. The van der Waals surface area contributed by atoms with Crippen LogP contribution >= 0.6 is 11.9 Å². The monoisotopic (exact) mass is 342 g/mol. The Morgan fingerprint density at radius 1 is 1.13 bits per heavy atom. The number of hydrogen-bond donors (Lipinski definition) is 1. The van der Waals surface area contributed by atoms with Gasteiger partial charge in [-0.15, -0.1) is 0 Å². The van der Waals surface area contributed by atoms with E-state index < -0.39 is 18.0 Å². The third kappa shape index (κ3) is 3.45. The van der Waals surface area contributed by atoms with Crippen molar-refractivity contribution >= 4 is 17.6 Å². The van der Waals surface area contributed by atoms with Crippen molar-refractivity contribution in [3.05, 3.63) is 60.2 Å². The molecule has 0 radical (unpaired) electrons. The van der Waals surface area contributed by atoms with E-state index in [0.717, 1.165) is 36.2 Å². The van der Waals surface area contributed by atoms with Crippen LogP contribution in [0.1, 0.15) is 11.6 Å². The second-order valence-corrected chi connectivity index (χ2v) is 5.49. The third-order valence-corrected chi connectivity index (χ3v) is 3.90. The highest BCUT2D eigenvalue weighted by atomic mass is 32.2. The van der Waals surface area contributed by atoms with Gasteiger partial charge in [-0.2, -0.15) is 18.3 Å². The minimum absolute atomic E-state index is 0.0758. The summed E-state index contributed by atoms with van der Waals surface area (Å²) in [5.41, 5.74) is 0.454. The highest BCUT2D eigenvalue weighted by Crippen LogP contribution is 2.35. The van der Waals surface area contributed by atoms with Gasteiger partial charge in [-0.3, -0.25) is 0 Å². The molecule has 2 heterocycles. The topological polar surface area (TPSA) is 42.2 Å². The second-order valence-electron chi connectivity index (χ2n) is 4.64. The van der Waals surface area contributed by atoms with Gasteiger partial charge < -0.3 is 0 Å². The summed E-state index contributed by atoms with van der Waals surface area (Å²) in [5, 5.41) is 4.44. The number of fused-ring (bicyclic) bond motifs is 1. The lowest BCUT2D eigenvalue weighted by Gasteiger charge is -2.21. The molecule has 23 heavy (non-hydrogen) atoms. The zero-order chi connectivity index (χ0) is 16.4. The summed E-state index contributed by atoms with van der Waals surface area (Å²) in [4.78, 5) is 4.05. The molecule has 0 aliphatic carbocycles. The number of nitrogens with zero attached hydrogens (tertiary/aromatic N) is 3. The van der Waals surface area contributed by atoms with Crippen LogP contribution < -0.4 is 4.72 Å². The van der Waals surface area contributed by atoms with Crippen LogP contribution in [-0.2, 0) is 0 Å². The maximum absolute atomic E-state index is 13.2. The van der Waals surface area contributed by atoms with E-state index in [1.165, 1.54) is 16.9 Å². The summed E-state index contributed by atoms with van der Waals surface area (Å²) < 4.78 is 56.4. The van der Waals surface area contributed by atoms with E-state index in [9.17, 15) is 17.6 Å². The van der Waals surface area contributed by atoms with Crippen LogP contribution in [0.5, 0.6) is 0 Å². The zero-order valence-corrected chi connectivity index (χ0v) is 12.3. The predicted octanol–water partition coefficient (Wildman–Crippen LogP) is 3.77. The Balaban J connectivity index is 1.83. The molecular weight excluding hydrogens is 332 g/mol. The average Bonchev–Trinajstić information content (AvgIpc) is 2.91. The summed E-state index contributed by atoms with van der Waals surface area (Å²) in [6.07, 6.45) is -1.59. The molecule has 0 saturated carbocycles. The van der Waals surface area contributed by atoms with Gasteiger partial charge in [0.25, 0.3) is 0 Å². The van der Waals surface area contributed by atoms with E-state index in [2.05, 4.69) is 14.8 Å². The van der Waals surface area contributed by atoms with E-state index in [1.54, 1.807) is 12.1 Å². The molecule has 1 aromatic carbocycles. The number of aromatic nitrogens is 3. The van der Waals surface area contributed by atoms with E-state index in [-0.39, 0.29) is 5.56 Å². The SMILES string of the molecule is Fc1ccc([C@@H](NSc2cnc3cccnn23)C(F)(F)F)cc1. The van der Waals surface area contributed by atoms with Crippen molar-refractivity contribution in [3.8, 4) is 0 Å². The predicted molar refractivity (Wildman–Crippen MR) is 77.2 cm³/mol. The van der Waals surface area contributed by atoms with Crippen LogP contribution in [0.3, 0.4) is 0 Å². The molecule has 0 amide bonds. The van der Waals surface area contributed by atoms with Crippen LogP contribution in [0, 0.1) is 5.82 Å². The number of alkyl halides is 3. The van der Waals surface area contributed by atoms with Crippen molar-refractivity contribution < 1.29 is 17.6 Å². The lowest BCUT2D eigenvalue weighted by atomic mass is 10.1. The molecule has 0 fully saturated rings. The quantitative estimate of drug-likeness (QED) is 0.579. The van der Waals surface area contributed by atoms with Gasteiger partial charge in [0.05, 0.1) is 6.20 Å². The van der Waals surface area contributed by atoms with E-state index in [4.69, 9.17) is 0 Å². The Kier molecular flexibility index (Phi) is 4.22. The molecule has 120 valence electrons. The fourth-order valence-electron chi connectivity index (χ4n) is 1.98. The molecule has 3 rings (SSSR count). The molecule has 0 spiro atoms. The Morgan fingerprint density at radius 3 is 2.57 bits per heavy atom. The normalized spacial score (nSPS) is 13.4. The Bertz CT molecular complexity index is 800. The first kappa shape index (κ1) is 15.8. The number of halogens is 4. The summed E-state index contributed by atoms with van der Waals surface area (Å²) in [5.74, 6) is -0.590. The fourth-order valence-corrected chi connectivity index (χ4v) is 2.82.